The number of hydrogen-bond donors (Lipinski definition) is 0. The lowest BCUT2D eigenvalue weighted by atomic mass is 9.94. The molecule has 28 heavy (non-hydrogen) atoms. The first-order chi connectivity index (χ1) is 13.0. The van der Waals surface area contributed by atoms with Gasteiger partial charge in [-0.25, -0.2) is 0 Å². The molecule has 0 radical (unpaired) electrons. The quantitative estimate of drug-likeness (QED) is 0.207. The molecule has 0 aliphatic carbocycles. The van der Waals surface area contributed by atoms with E-state index in [9.17, 15) is 4.79 Å². The lowest BCUT2D eigenvalue weighted by Gasteiger charge is -2.41. The SMILES string of the molecule is COc1ccc(COC/C=C\[C@H](C)[C@@H](O[Si](C)(C)C(C)(C)C)[C@@H](C)C=O)cc1. The van der Waals surface area contributed by atoms with Crippen molar-refractivity contribution in [2.24, 2.45) is 11.8 Å². The van der Waals surface area contributed by atoms with E-state index < -0.39 is 8.32 Å². The molecule has 0 saturated heterocycles. The fraction of sp³-hybridized carbons (Fsp3) is 0.609. The van der Waals surface area contributed by atoms with Crippen molar-refractivity contribution in [3.05, 3.63) is 42.0 Å². The minimum atomic E-state index is -1.95. The van der Waals surface area contributed by atoms with E-state index in [-0.39, 0.29) is 23.0 Å². The number of methoxy groups -OCH3 is 1. The highest BCUT2D eigenvalue weighted by Gasteiger charge is 2.41. The minimum Gasteiger partial charge on any atom is -0.497 e. The summed E-state index contributed by atoms with van der Waals surface area (Å²) in [4.78, 5) is 11.4. The Labute approximate surface area is 172 Å². The predicted octanol–water partition coefficient (Wildman–Crippen LogP) is 5.63. The Morgan fingerprint density at radius 3 is 2.18 bits per heavy atom. The average Bonchev–Trinajstić information content (AvgIpc) is 2.64. The van der Waals surface area contributed by atoms with E-state index in [0.717, 1.165) is 17.6 Å². The van der Waals surface area contributed by atoms with Gasteiger partial charge in [0.1, 0.15) is 12.0 Å². The van der Waals surface area contributed by atoms with Gasteiger partial charge < -0.3 is 18.7 Å². The molecule has 0 aliphatic heterocycles. The summed E-state index contributed by atoms with van der Waals surface area (Å²) in [5, 5.41) is 0.110. The Hall–Kier alpha value is -1.43. The third-order valence-corrected chi connectivity index (χ3v) is 10.0. The highest BCUT2D eigenvalue weighted by Crippen LogP contribution is 2.39. The predicted molar refractivity (Wildman–Crippen MR) is 118 cm³/mol. The van der Waals surface area contributed by atoms with Gasteiger partial charge in [-0.3, -0.25) is 0 Å². The van der Waals surface area contributed by atoms with Crippen molar-refractivity contribution in [2.75, 3.05) is 13.7 Å². The Morgan fingerprint density at radius 1 is 1.07 bits per heavy atom. The van der Waals surface area contributed by atoms with E-state index in [1.807, 2.05) is 37.3 Å². The van der Waals surface area contributed by atoms with Crippen molar-refractivity contribution in [1.29, 1.82) is 0 Å². The molecule has 0 aliphatic rings. The third-order valence-electron chi connectivity index (χ3n) is 5.57. The van der Waals surface area contributed by atoms with Crippen LogP contribution >= 0.6 is 0 Å². The molecule has 0 unspecified atom stereocenters. The topological polar surface area (TPSA) is 44.8 Å². The maximum absolute atomic E-state index is 11.4. The van der Waals surface area contributed by atoms with Crippen molar-refractivity contribution in [2.45, 2.75) is 65.5 Å². The summed E-state index contributed by atoms with van der Waals surface area (Å²) in [5.41, 5.74) is 1.11. The Morgan fingerprint density at radius 2 is 1.68 bits per heavy atom. The summed E-state index contributed by atoms with van der Waals surface area (Å²) < 4.78 is 17.5. The Balaban J connectivity index is 2.61. The van der Waals surface area contributed by atoms with Crippen molar-refractivity contribution in [3.63, 3.8) is 0 Å². The molecule has 0 spiro atoms. The van der Waals surface area contributed by atoms with Crippen LogP contribution in [-0.4, -0.2) is 34.4 Å². The lowest BCUT2D eigenvalue weighted by Crippen LogP contribution is -2.47. The Kier molecular flexibility index (Phi) is 9.61. The van der Waals surface area contributed by atoms with E-state index in [4.69, 9.17) is 13.9 Å². The van der Waals surface area contributed by atoms with E-state index in [1.165, 1.54) is 0 Å². The second-order valence-corrected chi connectivity index (χ2v) is 13.7. The van der Waals surface area contributed by atoms with E-state index in [1.54, 1.807) is 7.11 Å². The van der Waals surface area contributed by atoms with Gasteiger partial charge in [0, 0.05) is 5.92 Å². The molecule has 1 aromatic rings. The molecule has 4 nitrogen and oxygen atoms in total. The van der Waals surface area contributed by atoms with Crippen molar-refractivity contribution < 1.29 is 18.7 Å². The van der Waals surface area contributed by atoms with Crippen LogP contribution in [0, 0.1) is 11.8 Å². The third kappa shape index (κ3) is 7.53. The zero-order valence-corrected chi connectivity index (χ0v) is 19.8. The van der Waals surface area contributed by atoms with Crippen molar-refractivity contribution >= 4 is 14.6 Å². The summed E-state index contributed by atoms with van der Waals surface area (Å²) in [6.07, 6.45) is 5.01. The summed E-state index contributed by atoms with van der Waals surface area (Å²) >= 11 is 0. The molecule has 1 rings (SSSR count). The minimum absolute atomic E-state index is 0.110. The van der Waals surface area contributed by atoms with Crippen LogP contribution in [0.5, 0.6) is 5.75 Å². The number of aldehydes is 1. The van der Waals surface area contributed by atoms with Crippen LogP contribution in [-0.2, 0) is 20.6 Å². The van der Waals surface area contributed by atoms with Gasteiger partial charge in [0.05, 0.1) is 26.4 Å². The van der Waals surface area contributed by atoms with Gasteiger partial charge >= 0.3 is 0 Å². The number of hydrogen-bond acceptors (Lipinski definition) is 4. The first-order valence-electron chi connectivity index (χ1n) is 10.0. The molecule has 5 heteroatoms. The monoisotopic (exact) mass is 406 g/mol. The van der Waals surface area contributed by atoms with Gasteiger partial charge in [0.2, 0.25) is 0 Å². The number of benzene rings is 1. The van der Waals surface area contributed by atoms with Crippen LogP contribution in [0.25, 0.3) is 0 Å². The Bertz CT molecular complexity index is 616. The molecule has 0 fully saturated rings. The van der Waals surface area contributed by atoms with Crippen LogP contribution in [0.1, 0.15) is 40.2 Å². The maximum atomic E-state index is 11.4. The first kappa shape index (κ1) is 24.6. The van der Waals surface area contributed by atoms with Crippen molar-refractivity contribution in [3.8, 4) is 5.75 Å². The largest absolute Gasteiger partial charge is 0.497 e. The van der Waals surface area contributed by atoms with E-state index in [0.29, 0.717) is 13.2 Å². The number of ether oxygens (including phenoxy) is 2. The smallest absolute Gasteiger partial charge is 0.192 e. The standard InChI is InChI=1S/C23H38O4Si/c1-18(22(19(2)16-24)27-28(7,8)23(3,4)5)10-9-15-26-17-20-11-13-21(25-6)14-12-20/h9-14,16,18-19,22H,15,17H2,1-8H3/b10-9-/t18-,19-,22+/m0/s1. The second kappa shape index (κ2) is 10.9. The molecule has 0 amide bonds. The highest BCUT2D eigenvalue weighted by molar-refractivity contribution is 6.74. The molecule has 0 heterocycles. The number of carbonyl (C=O) groups is 1. The summed E-state index contributed by atoms with van der Waals surface area (Å²) in [6.45, 7) is 16.2. The molecule has 0 bridgehead atoms. The van der Waals surface area contributed by atoms with Gasteiger partial charge in [-0.15, -0.1) is 0 Å². The van der Waals surface area contributed by atoms with Gasteiger partial charge in [-0.2, -0.15) is 0 Å². The van der Waals surface area contributed by atoms with E-state index in [2.05, 4.69) is 46.9 Å². The summed E-state index contributed by atoms with van der Waals surface area (Å²) in [7, 11) is -0.293. The molecule has 158 valence electrons. The molecule has 1 aromatic carbocycles. The first-order valence-corrected chi connectivity index (χ1v) is 12.9. The average molecular weight is 407 g/mol. The number of carbonyl (C=O) groups excluding carboxylic acids is 1. The molecule has 0 aromatic heterocycles. The van der Waals surface area contributed by atoms with Crippen LogP contribution in [0.2, 0.25) is 18.1 Å². The van der Waals surface area contributed by atoms with Crippen molar-refractivity contribution in [1.82, 2.24) is 0 Å². The molecular formula is C23H38O4Si. The lowest BCUT2D eigenvalue weighted by molar-refractivity contribution is -0.113. The zero-order chi connectivity index (χ0) is 21.4. The molecule has 0 saturated carbocycles. The van der Waals surface area contributed by atoms with Crippen LogP contribution in [0.4, 0.5) is 0 Å². The normalized spacial score (nSPS) is 16.0. The van der Waals surface area contributed by atoms with Gasteiger partial charge in [-0.1, -0.05) is 58.9 Å². The molecule has 0 N–H and O–H groups in total. The van der Waals surface area contributed by atoms with E-state index >= 15 is 0 Å². The molecular weight excluding hydrogens is 368 g/mol. The maximum Gasteiger partial charge on any atom is 0.192 e. The van der Waals surface area contributed by atoms with Crippen LogP contribution in [0.15, 0.2) is 36.4 Å². The fourth-order valence-electron chi connectivity index (χ4n) is 2.63. The summed E-state index contributed by atoms with van der Waals surface area (Å²) in [6, 6.07) is 7.86. The second-order valence-electron chi connectivity index (χ2n) is 8.99. The van der Waals surface area contributed by atoms with Crippen LogP contribution in [0.3, 0.4) is 0 Å². The van der Waals surface area contributed by atoms with Gasteiger partial charge in [-0.05, 0) is 41.7 Å². The fourth-order valence-corrected chi connectivity index (χ4v) is 4.10. The van der Waals surface area contributed by atoms with Gasteiger partial charge in [0.25, 0.3) is 0 Å². The number of rotatable bonds is 11. The highest BCUT2D eigenvalue weighted by atomic mass is 28.4. The van der Waals surface area contributed by atoms with Gasteiger partial charge in [0.15, 0.2) is 8.32 Å². The molecule has 3 atom stereocenters. The summed E-state index contributed by atoms with van der Waals surface area (Å²) in [5.74, 6) is 0.836. The van der Waals surface area contributed by atoms with Crippen LogP contribution < -0.4 is 4.74 Å². The zero-order valence-electron chi connectivity index (χ0n) is 18.8.